The van der Waals surface area contributed by atoms with Gasteiger partial charge in [-0.2, -0.15) is 0 Å². The number of rotatable bonds is 14. The zero-order valence-electron chi connectivity index (χ0n) is 26.0. The Kier molecular flexibility index (Phi) is 10.1. The van der Waals surface area contributed by atoms with Crippen LogP contribution in [0.1, 0.15) is 55.6 Å². The molecule has 2 N–H and O–H groups in total. The molecule has 1 aromatic heterocycles. The maximum atomic E-state index is 13.7. The molecule has 0 radical (unpaired) electrons. The van der Waals surface area contributed by atoms with Crippen LogP contribution < -0.4 is 14.5 Å². The number of benzene rings is 2. The number of carbonyl (C=O) groups excluding carboxylic acids is 1. The van der Waals surface area contributed by atoms with Crippen LogP contribution in [0.4, 0.5) is 16.4 Å². The van der Waals surface area contributed by atoms with Crippen LogP contribution in [0.15, 0.2) is 84.9 Å². The number of hydrogen-bond donors (Lipinski definition) is 2. The Bertz CT molecular complexity index is 1590. The number of nitrogens with zero attached hydrogens (tertiary/aromatic N) is 3. The summed E-state index contributed by atoms with van der Waals surface area (Å²) in [6.45, 7) is 8.38. The SMILES string of the molecule is CC1CC1CN(Cc1ccccc1)c1cc(C(=O)C=C[C@@](C)(Cc2ccccc2)NC(=O)O)cc(N(C)S(=O)(=O)C(C)C)n1. The summed E-state index contributed by atoms with van der Waals surface area (Å²) in [7, 11) is -2.28. The number of carboxylic acid groups (broad SMARTS) is 1. The highest BCUT2D eigenvalue weighted by molar-refractivity contribution is 7.93. The summed E-state index contributed by atoms with van der Waals surface area (Å²) in [6.07, 6.45) is 3.12. The molecular weight excluding hydrogens is 576 g/mol. The Hall–Kier alpha value is -4.18. The zero-order chi connectivity index (χ0) is 32.1. The summed E-state index contributed by atoms with van der Waals surface area (Å²) < 4.78 is 27.4. The Balaban J connectivity index is 1.75. The third-order valence-electron chi connectivity index (χ3n) is 8.06. The van der Waals surface area contributed by atoms with E-state index in [4.69, 9.17) is 4.98 Å². The van der Waals surface area contributed by atoms with Gasteiger partial charge in [0.15, 0.2) is 5.78 Å². The van der Waals surface area contributed by atoms with Crippen LogP contribution >= 0.6 is 0 Å². The second kappa shape index (κ2) is 13.6. The van der Waals surface area contributed by atoms with E-state index >= 15 is 0 Å². The molecule has 3 atom stereocenters. The molecule has 0 bridgehead atoms. The number of nitrogens with one attached hydrogen (secondary N) is 1. The summed E-state index contributed by atoms with van der Waals surface area (Å²) in [5.74, 6) is 1.31. The number of pyridine rings is 1. The molecule has 10 heteroatoms. The van der Waals surface area contributed by atoms with Gasteiger partial charge in [0, 0.05) is 25.7 Å². The fourth-order valence-corrected chi connectivity index (χ4v) is 6.14. The molecule has 234 valence electrons. The van der Waals surface area contributed by atoms with Crippen LogP contribution in [0, 0.1) is 11.8 Å². The molecule has 3 aromatic rings. The van der Waals surface area contributed by atoms with Crippen molar-refractivity contribution in [1.29, 1.82) is 0 Å². The smallest absolute Gasteiger partial charge is 0.405 e. The molecule has 1 heterocycles. The first-order chi connectivity index (χ1) is 20.8. The van der Waals surface area contributed by atoms with E-state index in [1.807, 2.05) is 60.7 Å². The first-order valence-electron chi connectivity index (χ1n) is 14.8. The normalized spacial score (nSPS) is 17.7. The van der Waals surface area contributed by atoms with Gasteiger partial charge in [-0.05, 0) is 74.8 Å². The van der Waals surface area contributed by atoms with Crippen molar-refractivity contribution in [2.24, 2.45) is 11.8 Å². The van der Waals surface area contributed by atoms with Crippen molar-refractivity contribution in [3.63, 3.8) is 0 Å². The van der Waals surface area contributed by atoms with Crippen LogP contribution in [-0.2, 0) is 23.0 Å². The highest BCUT2D eigenvalue weighted by atomic mass is 32.2. The third-order valence-corrected chi connectivity index (χ3v) is 10.2. The predicted molar refractivity (Wildman–Crippen MR) is 175 cm³/mol. The molecule has 0 saturated heterocycles. The van der Waals surface area contributed by atoms with Gasteiger partial charge in [0.2, 0.25) is 10.0 Å². The number of anilines is 2. The zero-order valence-corrected chi connectivity index (χ0v) is 26.8. The lowest BCUT2D eigenvalue weighted by molar-refractivity contribution is 0.104. The van der Waals surface area contributed by atoms with Crippen LogP contribution in [0.2, 0.25) is 0 Å². The summed E-state index contributed by atoms with van der Waals surface area (Å²) >= 11 is 0. The number of allylic oxidation sites excluding steroid dienone is 1. The van der Waals surface area contributed by atoms with E-state index in [0.717, 1.165) is 21.9 Å². The molecule has 1 aliphatic carbocycles. The molecule has 1 aliphatic rings. The van der Waals surface area contributed by atoms with Crippen LogP contribution in [0.5, 0.6) is 0 Å². The second-order valence-electron chi connectivity index (χ2n) is 12.2. The highest BCUT2D eigenvalue weighted by Crippen LogP contribution is 2.39. The summed E-state index contributed by atoms with van der Waals surface area (Å²) in [6, 6.07) is 22.5. The van der Waals surface area contributed by atoms with E-state index in [9.17, 15) is 23.1 Å². The number of sulfonamides is 1. The minimum absolute atomic E-state index is 0.144. The standard InChI is InChI=1S/C34H42N4O5S/c1-24(2)44(42,43)37(5)31-19-28(30(39)16-17-34(4,36-33(40)41)21-26-12-8-6-9-13-26)20-32(35-31)38(23-29-18-25(29)3)22-27-14-10-7-11-15-27/h6-17,19-20,24-25,29,36H,18,21-23H2,1-5H3,(H,40,41)/t25?,29?,34-/m0/s1. The highest BCUT2D eigenvalue weighted by Gasteiger charge is 2.35. The molecule has 2 aromatic carbocycles. The number of aromatic nitrogens is 1. The van der Waals surface area contributed by atoms with Crippen molar-refractivity contribution in [3.8, 4) is 0 Å². The topological polar surface area (TPSA) is 120 Å². The lowest BCUT2D eigenvalue weighted by Crippen LogP contribution is -2.45. The summed E-state index contributed by atoms with van der Waals surface area (Å²) in [5.41, 5.74) is 1.16. The average molecular weight is 619 g/mol. The van der Waals surface area contributed by atoms with Crippen molar-refractivity contribution in [3.05, 3.63) is 102 Å². The lowest BCUT2D eigenvalue weighted by Gasteiger charge is -2.28. The van der Waals surface area contributed by atoms with Crippen LogP contribution in [0.3, 0.4) is 0 Å². The van der Waals surface area contributed by atoms with Crippen LogP contribution in [-0.4, -0.2) is 54.8 Å². The Morgan fingerprint density at radius 2 is 1.61 bits per heavy atom. The number of amides is 1. The van der Waals surface area contributed by atoms with Gasteiger partial charge in [0.05, 0.1) is 10.8 Å². The molecule has 1 saturated carbocycles. The van der Waals surface area contributed by atoms with E-state index in [1.165, 1.54) is 19.2 Å². The minimum atomic E-state index is -3.73. The summed E-state index contributed by atoms with van der Waals surface area (Å²) in [5, 5.41) is 11.4. The minimum Gasteiger partial charge on any atom is -0.465 e. The Morgan fingerprint density at radius 3 is 2.16 bits per heavy atom. The molecule has 9 nitrogen and oxygen atoms in total. The number of ketones is 1. The van der Waals surface area contributed by atoms with Gasteiger partial charge in [-0.1, -0.05) is 73.7 Å². The van der Waals surface area contributed by atoms with E-state index < -0.39 is 32.7 Å². The molecule has 2 unspecified atom stereocenters. The molecule has 1 fully saturated rings. The van der Waals surface area contributed by atoms with E-state index in [-0.39, 0.29) is 11.4 Å². The number of carbonyl (C=O) groups is 2. The van der Waals surface area contributed by atoms with E-state index in [0.29, 0.717) is 37.2 Å². The van der Waals surface area contributed by atoms with Gasteiger partial charge in [0.1, 0.15) is 11.6 Å². The summed E-state index contributed by atoms with van der Waals surface area (Å²) in [4.78, 5) is 32.3. The largest absolute Gasteiger partial charge is 0.465 e. The molecule has 44 heavy (non-hydrogen) atoms. The monoisotopic (exact) mass is 618 g/mol. The van der Waals surface area contributed by atoms with Gasteiger partial charge < -0.3 is 15.3 Å². The maximum absolute atomic E-state index is 13.7. The lowest BCUT2D eigenvalue weighted by atomic mass is 9.91. The van der Waals surface area contributed by atoms with Crippen LogP contribution in [0.25, 0.3) is 0 Å². The van der Waals surface area contributed by atoms with Crippen molar-refractivity contribution in [1.82, 2.24) is 10.3 Å². The molecule has 1 amide bonds. The van der Waals surface area contributed by atoms with Gasteiger partial charge in [0.25, 0.3) is 0 Å². The van der Waals surface area contributed by atoms with Gasteiger partial charge in [-0.25, -0.2) is 18.2 Å². The quantitative estimate of drug-likeness (QED) is 0.170. The molecule has 0 aliphatic heterocycles. The van der Waals surface area contributed by atoms with Gasteiger partial charge in [-0.15, -0.1) is 0 Å². The third kappa shape index (κ3) is 8.47. The van der Waals surface area contributed by atoms with Gasteiger partial charge >= 0.3 is 6.09 Å². The predicted octanol–water partition coefficient (Wildman–Crippen LogP) is 5.93. The molecule has 4 rings (SSSR count). The van der Waals surface area contributed by atoms with Crippen molar-refractivity contribution < 1.29 is 23.1 Å². The van der Waals surface area contributed by atoms with Crippen molar-refractivity contribution in [2.45, 2.75) is 57.9 Å². The van der Waals surface area contributed by atoms with Gasteiger partial charge in [-0.3, -0.25) is 9.10 Å². The van der Waals surface area contributed by atoms with Crippen molar-refractivity contribution in [2.75, 3.05) is 22.8 Å². The fourth-order valence-electron chi connectivity index (χ4n) is 5.16. The first kappa shape index (κ1) is 32.7. The average Bonchev–Trinajstić information content (AvgIpc) is 3.69. The second-order valence-corrected chi connectivity index (χ2v) is 14.7. The molecular formula is C34H42N4O5S. The maximum Gasteiger partial charge on any atom is 0.405 e. The number of hydrogen-bond acceptors (Lipinski definition) is 6. The fraction of sp³-hybridized carbons (Fsp3) is 0.382. The molecule has 0 spiro atoms. The Morgan fingerprint density at radius 1 is 1.05 bits per heavy atom. The first-order valence-corrected chi connectivity index (χ1v) is 16.3. The van der Waals surface area contributed by atoms with E-state index in [2.05, 4.69) is 17.1 Å². The van der Waals surface area contributed by atoms with E-state index in [1.54, 1.807) is 32.9 Å². The Labute approximate surface area is 260 Å². The van der Waals surface area contributed by atoms with Crippen molar-refractivity contribution >= 4 is 33.5 Å².